The van der Waals surface area contributed by atoms with Crippen molar-refractivity contribution < 1.29 is 4.74 Å². The number of hydrogen-bond acceptors (Lipinski definition) is 4. The van der Waals surface area contributed by atoms with Crippen molar-refractivity contribution in [1.82, 2.24) is 9.78 Å². The molecule has 1 aromatic carbocycles. The van der Waals surface area contributed by atoms with Gasteiger partial charge < -0.3 is 10.1 Å². The summed E-state index contributed by atoms with van der Waals surface area (Å²) in [5, 5.41) is 7.02. The summed E-state index contributed by atoms with van der Waals surface area (Å²) in [5.41, 5.74) is 2.02. The molecule has 6 heteroatoms. The van der Waals surface area contributed by atoms with Gasteiger partial charge in [-0.05, 0) is 38.3 Å². The zero-order valence-electron chi connectivity index (χ0n) is 15.5. The van der Waals surface area contributed by atoms with Gasteiger partial charge in [-0.1, -0.05) is 43.1 Å². The zero-order valence-corrected chi connectivity index (χ0v) is 16.3. The molecule has 1 saturated heterocycles. The number of nitrogens with zero attached hydrogens (tertiary/aromatic N) is 2. The van der Waals surface area contributed by atoms with Crippen LogP contribution in [0.3, 0.4) is 0 Å². The number of hydrogen-bond donors (Lipinski definition) is 1. The Bertz CT molecular complexity index is 669. The van der Waals surface area contributed by atoms with Gasteiger partial charge in [-0.25, -0.2) is 0 Å². The first kappa shape index (κ1) is 21.2. The van der Waals surface area contributed by atoms with Gasteiger partial charge in [-0.3, -0.25) is 4.79 Å². The Balaban J connectivity index is 0.000000326. The summed E-state index contributed by atoms with van der Waals surface area (Å²) < 4.78 is 6.35. The van der Waals surface area contributed by atoms with Crippen molar-refractivity contribution in [3.05, 3.63) is 51.4 Å². The molecule has 5 nitrogen and oxygen atoms in total. The Morgan fingerprint density at radius 1 is 1.12 bits per heavy atom. The van der Waals surface area contributed by atoms with Crippen molar-refractivity contribution >= 4 is 17.3 Å². The third-order valence-electron chi connectivity index (χ3n) is 3.54. The minimum atomic E-state index is -0.331. The van der Waals surface area contributed by atoms with Crippen LogP contribution in [0, 0.1) is 6.92 Å². The molecule has 2 aromatic rings. The van der Waals surface area contributed by atoms with Gasteiger partial charge in [0, 0.05) is 20.3 Å². The standard InChI is InChI=1S/C12H12ClN3O.C5H10O.C2H6/c1-8-3-5-9(6-4-8)16-12(17)11(13)10(14-2)7-15-16;1-2-4-6-5-3-1;1-2/h3-7,14H,1-2H3;1-5H2;1-2H3. The first-order chi connectivity index (χ1) is 12.1. The summed E-state index contributed by atoms with van der Waals surface area (Å²) in [6.07, 6.45) is 5.46. The number of rotatable bonds is 2. The fourth-order valence-corrected chi connectivity index (χ4v) is 2.39. The Labute approximate surface area is 155 Å². The fourth-order valence-electron chi connectivity index (χ4n) is 2.16. The zero-order chi connectivity index (χ0) is 18.7. The van der Waals surface area contributed by atoms with Gasteiger partial charge in [0.25, 0.3) is 5.56 Å². The van der Waals surface area contributed by atoms with E-state index in [1.54, 1.807) is 7.05 Å². The van der Waals surface area contributed by atoms with E-state index in [4.69, 9.17) is 16.3 Å². The maximum atomic E-state index is 12.0. The van der Waals surface area contributed by atoms with E-state index in [9.17, 15) is 4.79 Å². The molecule has 138 valence electrons. The molecule has 1 fully saturated rings. The predicted octanol–water partition coefficient (Wildman–Crippen LogP) is 4.45. The molecule has 0 atom stereocenters. The highest BCUT2D eigenvalue weighted by Crippen LogP contribution is 2.15. The Morgan fingerprint density at radius 3 is 2.16 bits per heavy atom. The van der Waals surface area contributed by atoms with Crippen molar-refractivity contribution in [2.45, 2.75) is 40.0 Å². The van der Waals surface area contributed by atoms with Gasteiger partial charge in [-0.15, -0.1) is 0 Å². The highest BCUT2D eigenvalue weighted by atomic mass is 35.5. The fraction of sp³-hybridized carbons (Fsp3) is 0.474. The second-order valence-electron chi connectivity index (χ2n) is 5.35. The van der Waals surface area contributed by atoms with E-state index >= 15 is 0 Å². The Hall–Kier alpha value is -1.85. The molecule has 2 heterocycles. The van der Waals surface area contributed by atoms with Crippen LogP contribution in [0.25, 0.3) is 5.69 Å². The van der Waals surface area contributed by atoms with Crippen molar-refractivity contribution in [1.29, 1.82) is 0 Å². The lowest BCUT2D eigenvalue weighted by molar-refractivity contribution is 0.0968. The van der Waals surface area contributed by atoms with E-state index in [0.717, 1.165) is 18.8 Å². The second-order valence-corrected chi connectivity index (χ2v) is 5.73. The molecule has 1 N–H and O–H groups in total. The monoisotopic (exact) mass is 365 g/mol. The first-order valence-corrected chi connectivity index (χ1v) is 9.11. The molecule has 1 aromatic heterocycles. The van der Waals surface area contributed by atoms with Crippen molar-refractivity contribution in [2.24, 2.45) is 0 Å². The van der Waals surface area contributed by atoms with Crippen LogP contribution in [-0.2, 0) is 4.74 Å². The number of aromatic nitrogens is 2. The third kappa shape index (κ3) is 6.52. The Morgan fingerprint density at radius 2 is 1.72 bits per heavy atom. The molecule has 0 amide bonds. The van der Waals surface area contributed by atoms with Gasteiger partial charge in [0.1, 0.15) is 5.02 Å². The first-order valence-electron chi connectivity index (χ1n) is 8.74. The summed E-state index contributed by atoms with van der Waals surface area (Å²) in [5.74, 6) is 0. The molecule has 3 rings (SSSR count). The van der Waals surface area contributed by atoms with Crippen LogP contribution in [0.5, 0.6) is 0 Å². The number of nitrogens with one attached hydrogen (secondary N) is 1. The number of halogens is 1. The molecule has 0 aliphatic carbocycles. The minimum Gasteiger partial charge on any atom is -0.385 e. The van der Waals surface area contributed by atoms with Crippen LogP contribution in [-0.4, -0.2) is 30.0 Å². The maximum Gasteiger partial charge on any atom is 0.292 e. The van der Waals surface area contributed by atoms with Crippen LogP contribution in [0.1, 0.15) is 38.7 Å². The van der Waals surface area contributed by atoms with Crippen LogP contribution >= 0.6 is 11.6 Å². The van der Waals surface area contributed by atoms with Crippen LogP contribution < -0.4 is 10.9 Å². The molecular weight excluding hydrogens is 338 g/mol. The van der Waals surface area contributed by atoms with Gasteiger partial charge in [0.2, 0.25) is 0 Å². The van der Waals surface area contributed by atoms with Gasteiger partial charge in [0.05, 0.1) is 17.6 Å². The Kier molecular flexibility index (Phi) is 9.88. The topological polar surface area (TPSA) is 56.1 Å². The average molecular weight is 366 g/mol. The van der Waals surface area contributed by atoms with Crippen molar-refractivity contribution in [3.63, 3.8) is 0 Å². The van der Waals surface area contributed by atoms with E-state index in [1.807, 2.05) is 45.0 Å². The van der Waals surface area contributed by atoms with Gasteiger partial charge in [-0.2, -0.15) is 9.78 Å². The molecule has 1 aliphatic heterocycles. The number of benzene rings is 1. The molecule has 0 bridgehead atoms. The lowest BCUT2D eigenvalue weighted by Crippen LogP contribution is -2.22. The lowest BCUT2D eigenvalue weighted by Gasteiger charge is -2.08. The number of anilines is 1. The molecule has 0 spiro atoms. The molecule has 0 radical (unpaired) electrons. The summed E-state index contributed by atoms with van der Waals surface area (Å²) in [6.45, 7) is 7.98. The van der Waals surface area contributed by atoms with E-state index in [2.05, 4.69) is 10.4 Å². The minimum absolute atomic E-state index is 0.142. The summed E-state index contributed by atoms with van der Waals surface area (Å²) in [4.78, 5) is 12.0. The van der Waals surface area contributed by atoms with Crippen LogP contribution in [0.15, 0.2) is 35.3 Å². The quantitative estimate of drug-likeness (QED) is 0.854. The molecule has 1 aliphatic rings. The number of ether oxygens (including phenoxy) is 1. The predicted molar refractivity (Wildman–Crippen MR) is 105 cm³/mol. The third-order valence-corrected chi connectivity index (χ3v) is 3.91. The summed E-state index contributed by atoms with van der Waals surface area (Å²) in [6, 6.07) is 7.50. The van der Waals surface area contributed by atoms with Gasteiger partial charge >= 0.3 is 0 Å². The molecule has 0 unspecified atom stereocenters. The largest absolute Gasteiger partial charge is 0.385 e. The normalized spacial score (nSPS) is 13.0. The molecule has 0 saturated carbocycles. The summed E-state index contributed by atoms with van der Waals surface area (Å²) >= 11 is 5.94. The second kappa shape index (κ2) is 11.7. The SMILES string of the molecule is C1CCOCC1.CC.CNc1cnn(-c2ccc(C)cc2)c(=O)c1Cl. The van der Waals surface area contributed by atoms with Gasteiger partial charge in [0.15, 0.2) is 0 Å². The van der Waals surface area contributed by atoms with E-state index in [0.29, 0.717) is 11.4 Å². The smallest absolute Gasteiger partial charge is 0.292 e. The van der Waals surface area contributed by atoms with Crippen molar-refractivity contribution in [2.75, 3.05) is 25.6 Å². The average Bonchev–Trinajstić information content (AvgIpc) is 2.68. The maximum absolute atomic E-state index is 12.0. The van der Waals surface area contributed by atoms with Crippen molar-refractivity contribution in [3.8, 4) is 5.69 Å². The van der Waals surface area contributed by atoms with Crippen LogP contribution in [0.4, 0.5) is 5.69 Å². The van der Waals surface area contributed by atoms with Crippen LogP contribution in [0.2, 0.25) is 5.02 Å². The highest BCUT2D eigenvalue weighted by molar-refractivity contribution is 6.32. The summed E-state index contributed by atoms with van der Waals surface area (Å²) in [7, 11) is 1.69. The van der Waals surface area contributed by atoms with E-state index in [1.165, 1.54) is 30.1 Å². The molecule has 25 heavy (non-hydrogen) atoms. The number of aryl methyl sites for hydroxylation is 1. The van der Waals surface area contributed by atoms with E-state index < -0.39 is 0 Å². The van der Waals surface area contributed by atoms with E-state index in [-0.39, 0.29) is 10.6 Å². The highest BCUT2D eigenvalue weighted by Gasteiger charge is 2.09. The molecular formula is C19H28ClN3O2. The lowest BCUT2D eigenvalue weighted by atomic mass is 10.2.